The van der Waals surface area contributed by atoms with Crippen LogP contribution in [-0.2, 0) is 0 Å². The average Bonchev–Trinajstić information content (AvgIpc) is 2.28. The van der Waals surface area contributed by atoms with E-state index in [-0.39, 0.29) is 16.7 Å². The zero-order valence-corrected chi connectivity index (χ0v) is 11.9. The van der Waals surface area contributed by atoms with Gasteiger partial charge in [0, 0.05) is 10.9 Å². The van der Waals surface area contributed by atoms with Crippen LogP contribution in [0.3, 0.4) is 0 Å². The van der Waals surface area contributed by atoms with Crippen LogP contribution in [0.2, 0.25) is 0 Å². The van der Waals surface area contributed by atoms with Gasteiger partial charge in [-0.3, -0.25) is 0 Å². The first-order valence-electron chi connectivity index (χ1n) is 5.91. The van der Waals surface area contributed by atoms with Crippen molar-refractivity contribution >= 4 is 17.7 Å². The second-order valence-electron chi connectivity index (χ2n) is 4.64. The third-order valence-electron chi connectivity index (χ3n) is 2.65. The maximum Gasteiger partial charge on any atom is 0.335 e. The molecule has 18 heavy (non-hydrogen) atoms. The molecule has 4 nitrogen and oxygen atoms in total. The second kappa shape index (κ2) is 6.20. The molecule has 0 aliphatic carbocycles. The first-order chi connectivity index (χ1) is 8.31. The number of aromatic carboxylic acids is 1. The number of hydrogen-bond acceptors (Lipinski definition) is 4. The Morgan fingerprint density at radius 1 is 1.28 bits per heavy atom. The molecule has 0 aliphatic heterocycles. The minimum absolute atomic E-state index is 0.0263. The number of pyridine rings is 1. The van der Waals surface area contributed by atoms with E-state index in [9.17, 15) is 9.90 Å². The lowest BCUT2D eigenvalue weighted by Crippen LogP contribution is -2.15. The molecule has 0 aliphatic rings. The largest absolute Gasteiger partial charge is 0.478 e. The van der Waals surface area contributed by atoms with Crippen LogP contribution in [0.25, 0.3) is 0 Å². The van der Waals surface area contributed by atoms with Crippen LogP contribution in [0.1, 0.15) is 49.7 Å². The molecule has 0 amide bonds. The molecule has 2 atom stereocenters. The Kier molecular flexibility index (Phi) is 5.16. The molecule has 1 rings (SSSR count). The van der Waals surface area contributed by atoms with Gasteiger partial charge in [0.05, 0.1) is 16.7 Å². The standard InChI is InChI=1S/C13H19NO3S/c1-7(2)11-5-10(13(16)17)6-12(14-11)18-9(4)8(3)15/h5-9,15H,1-4H3,(H,16,17). The molecule has 0 spiro atoms. The summed E-state index contributed by atoms with van der Waals surface area (Å²) in [4.78, 5) is 15.5. The van der Waals surface area contributed by atoms with Gasteiger partial charge < -0.3 is 10.2 Å². The Labute approximate surface area is 111 Å². The fourth-order valence-corrected chi connectivity index (χ4v) is 2.23. The lowest BCUT2D eigenvalue weighted by atomic mass is 10.1. The van der Waals surface area contributed by atoms with E-state index in [1.54, 1.807) is 19.1 Å². The van der Waals surface area contributed by atoms with E-state index in [1.807, 2.05) is 20.8 Å². The van der Waals surface area contributed by atoms with Gasteiger partial charge in [-0.15, -0.1) is 11.8 Å². The lowest BCUT2D eigenvalue weighted by Gasteiger charge is -2.15. The number of nitrogens with zero attached hydrogens (tertiary/aromatic N) is 1. The van der Waals surface area contributed by atoms with E-state index in [1.165, 1.54) is 11.8 Å². The molecule has 0 fully saturated rings. The summed E-state index contributed by atoms with van der Waals surface area (Å²) in [5.41, 5.74) is 1.00. The maximum absolute atomic E-state index is 11.1. The molecule has 0 saturated carbocycles. The number of carbonyl (C=O) groups is 1. The molecule has 100 valence electrons. The fraction of sp³-hybridized carbons (Fsp3) is 0.538. The number of rotatable bonds is 5. The Balaban J connectivity index is 3.07. The third kappa shape index (κ3) is 3.99. The summed E-state index contributed by atoms with van der Waals surface area (Å²) in [6.45, 7) is 7.54. The van der Waals surface area contributed by atoms with Gasteiger partial charge in [-0.05, 0) is 25.0 Å². The molecule has 1 aromatic rings. The fourth-order valence-electron chi connectivity index (χ4n) is 1.29. The predicted octanol–water partition coefficient (Wildman–Crippen LogP) is 2.76. The molecule has 2 unspecified atom stereocenters. The molecule has 1 aromatic heterocycles. The van der Waals surface area contributed by atoms with Crippen LogP contribution in [0.5, 0.6) is 0 Å². The minimum atomic E-state index is -0.953. The van der Waals surface area contributed by atoms with E-state index in [2.05, 4.69) is 4.98 Å². The molecule has 0 aromatic carbocycles. The highest BCUT2D eigenvalue weighted by atomic mass is 32.2. The molecule has 2 N–H and O–H groups in total. The van der Waals surface area contributed by atoms with Gasteiger partial charge in [0.15, 0.2) is 0 Å². The monoisotopic (exact) mass is 269 g/mol. The van der Waals surface area contributed by atoms with Gasteiger partial charge in [-0.2, -0.15) is 0 Å². The zero-order valence-electron chi connectivity index (χ0n) is 11.0. The van der Waals surface area contributed by atoms with E-state index in [0.29, 0.717) is 5.03 Å². The van der Waals surface area contributed by atoms with Gasteiger partial charge in [0.2, 0.25) is 0 Å². The molecule has 0 bridgehead atoms. The zero-order chi connectivity index (χ0) is 13.9. The van der Waals surface area contributed by atoms with Crippen molar-refractivity contribution in [3.05, 3.63) is 23.4 Å². The molecular weight excluding hydrogens is 250 g/mol. The maximum atomic E-state index is 11.1. The van der Waals surface area contributed by atoms with Crippen LogP contribution >= 0.6 is 11.8 Å². The van der Waals surface area contributed by atoms with Crippen LogP contribution < -0.4 is 0 Å². The molecular formula is C13H19NO3S. The first kappa shape index (κ1) is 15.0. The summed E-state index contributed by atoms with van der Waals surface area (Å²) in [5.74, 6) is -0.781. The first-order valence-corrected chi connectivity index (χ1v) is 6.79. The van der Waals surface area contributed by atoms with Crippen LogP contribution in [0.4, 0.5) is 0 Å². The van der Waals surface area contributed by atoms with Crippen LogP contribution in [-0.4, -0.2) is 32.5 Å². The highest BCUT2D eigenvalue weighted by Gasteiger charge is 2.15. The highest BCUT2D eigenvalue weighted by molar-refractivity contribution is 7.99. The van der Waals surface area contributed by atoms with Gasteiger partial charge in [-0.1, -0.05) is 20.8 Å². The van der Waals surface area contributed by atoms with E-state index < -0.39 is 12.1 Å². The summed E-state index contributed by atoms with van der Waals surface area (Å²) in [5, 5.41) is 19.2. The summed E-state index contributed by atoms with van der Waals surface area (Å²) >= 11 is 1.39. The van der Waals surface area contributed by atoms with Crippen molar-refractivity contribution in [2.24, 2.45) is 0 Å². The number of aromatic nitrogens is 1. The number of aliphatic hydroxyl groups is 1. The Hall–Kier alpha value is -1.07. The number of carboxylic acid groups (broad SMARTS) is 1. The van der Waals surface area contributed by atoms with Crippen LogP contribution in [0, 0.1) is 0 Å². The number of hydrogen-bond donors (Lipinski definition) is 2. The van der Waals surface area contributed by atoms with Gasteiger partial charge in [0.25, 0.3) is 0 Å². The Bertz CT molecular complexity index is 432. The Morgan fingerprint density at radius 2 is 1.89 bits per heavy atom. The summed E-state index contributed by atoms with van der Waals surface area (Å²) in [6, 6.07) is 3.15. The summed E-state index contributed by atoms with van der Waals surface area (Å²) in [7, 11) is 0. The summed E-state index contributed by atoms with van der Waals surface area (Å²) < 4.78 is 0. The van der Waals surface area contributed by atoms with Crippen molar-refractivity contribution in [2.45, 2.75) is 50.0 Å². The topological polar surface area (TPSA) is 70.4 Å². The SMILES string of the molecule is CC(C)c1cc(C(=O)O)cc(SC(C)C(C)O)n1. The van der Waals surface area contributed by atoms with Gasteiger partial charge in [0.1, 0.15) is 0 Å². The molecule has 5 heteroatoms. The smallest absolute Gasteiger partial charge is 0.335 e. The van der Waals surface area contributed by atoms with Crippen LogP contribution in [0.15, 0.2) is 17.2 Å². The normalized spacial score (nSPS) is 14.6. The van der Waals surface area contributed by atoms with Crippen molar-refractivity contribution < 1.29 is 15.0 Å². The van der Waals surface area contributed by atoms with Crippen molar-refractivity contribution in [3.8, 4) is 0 Å². The molecule has 0 saturated heterocycles. The Morgan fingerprint density at radius 3 is 2.33 bits per heavy atom. The average molecular weight is 269 g/mol. The van der Waals surface area contributed by atoms with Gasteiger partial charge in [-0.25, -0.2) is 9.78 Å². The number of aliphatic hydroxyl groups excluding tert-OH is 1. The quantitative estimate of drug-likeness (QED) is 0.804. The predicted molar refractivity (Wildman–Crippen MR) is 72.3 cm³/mol. The van der Waals surface area contributed by atoms with Crippen molar-refractivity contribution in [1.29, 1.82) is 0 Å². The lowest BCUT2D eigenvalue weighted by molar-refractivity contribution is 0.0696. The van der Waals surface area contributed by atoms with Crippen molar-refractivity contribution in [2.75, 3.05) is 0 Å². The second-order valence-corrected chi connectivity index (χ2v) is 6.04. The summed E-state index contributed by atoms with van der Waals surface area (Å²) in [6.07, 6.45) is -0.465. The van der Waals surface area contributed by atoms with E-state index in [4.69, 9.17) is 5.11 Å². The van der Waals surface area contributed by atoms with E-state index >= 15 is 0 Å². The number of carboxylic acids is 1. The molecule has 0 radical (unpaired) electrons. The third-order valence-corrected chi connectivity index (χ3v) is 3.86. The highest BCUT2D eigenvalue weighted by Crippen LogP contribution is 2.26. The van der Waals surface area contributed by atoms with Gasteiger partial charge >= 0.3 is 5.97 Å². The van der Waals surface area contributed by atoms with Crippen molar-refractivity contribution in [3.63, 3.8) is 0 Å². The van der Waals surface area contributed by atoms with E-state index in [0.717, 1.165) is 5.69 Å². The minimum Gasteiger partial charge on any atom is -0.478 e. The number of thioether (sulfide) groups is 1. The molecule has 1 heterocycles. The van der Waals surface area contributed by atoms with Crippen molar-refractivity contribution in [1.82, 2.24) is 4.98 Å².